The molecule has 0 aliphatic heterocycles. The SMILES string of the molecule is CCCCCCCCCCCCn1cccc1C(C)NC. The van der Waals surface area contributed by atoms with Crippen LogP contribution in [-0.4, -0.2) is 11.6 Å². The van der Waals surface area contributed by atoms with Gasteiger partial charge in [-0.15, -0.1) is 0 Å². The molecule has 1 aromatic heterocycles. The molecule has 122 valence electrons. The summed E-state index contributed by atoms with van der Waals surface area (Å²) in [5.41, 5.74) is 1.41. The number of rotatable bonds is 13. The Balaban J connectivity index is 2.01. The number of nitrogens with one attached hydrogen (secondary N) is 1. The summed E-state index contributed by atoms with van der Waals surface area (Å²) in [7, 11) is 2.03. The molecule has 0 aliphatic rings. The van der Waals surface area contributed by atoms with Gasteiger partial charge in [0.1, 0.15) is 0 Å². The molecular formula is C19H36N2. The molecule has 0 saturated carbocycles. The second-order valence-electron chi connectivity index (χ2n) is 6.32. The van der Waals surface area contributed by atoms with Gasteiger partial charge in [0.25, 0.3) is 0 Å². The van der Waals surface area contributed by atoms with E-state index in [1.807, 2.05) is 7.05 Å². The summed E-state index contributed by atoms with van der Waals surface area (Å²) in [6.45, 7) is 5.68. The van der Waals surface area contributed by atoms with Gasteiger partial charge >= 0.3 is 0 Å². The quantitative estimate of drug-likeness (QED) is 0.462. The first-order chi connectivity index (χ1) is 10.3. The van der Waals surface area contributed by atoms with E-state index in [2.05, 4.69) is 42.1 Å². The van der Waals surface area contributed by atoms with Crippen molar-refractivity contribution in [3.8, 4) is 0 Å². The number of aryl methyl sites for hydroxylation is 1. The molecule has 1 atom stereocenters. The van der Waals surface area contributed by atoms with Gasteiger partial charge < -0.3 is 9.88 Å². The fourth-order valence-electron chi connectivity index (χ4n) is 2.94. The van der Waals surface area contributed by atoms with Crippen LogP contribution in [0.15, 0.2) is 18.3 Å². The second-order valence-corrected chi connectivity index (χ2v) is 6.32. The lowest BCUT2D eigenvalue weighted by Gasteiger charge is -2.14. The molecule has 1 rings (SSSR count). The summed E-state index contributed by atoms with van der Waals surface area (Å²) in [4.78, 5) is 0. The van der Waals surface area contributed by atoms with Gasteiger partial charge in [0.05, 0.1) is 0 Å². The van der Waals surface area contributed by atoms with E-state index in [-0.39, 0.29) is 0 Å². The Hall–Kier alpha value is -0.760. The van der Waals surface area contributed by atoms with Gasteiger partial charge in [0.15, 0.2) is 0 Å². The monoisotopic (exact) mass is 292 g/mol. The molecule has 0 spiro atoms. The van der Waals surface area contributed by atoms with E-state index in [4.69, 9.17) is 0 Å². The molecule has 2 nitrogen and oxygen atoms in total. The zero-order valence-corrected chi connectivity index (χ0v) is 14.5. The molecule has 0 aromatic carbocycles. The van der Waals surface area contributed by atoms with Crippen LogP contribution in [0.4, 0.5) is 0 Å². The maximum Gasteiger partial charge on any atom is 0.0443 e. The third-order valence-corrected chi connectivity index (χ3v) is 4.49. The molecule has 0 saturated heterocycles. The lowest BCUT2D eigenvalue weighted by Crippen LogP contribution is -2.16. The largest absolute Gasteiger partial charge is 0.350 e. The summed E-state index contributed by atoms with van der Waals surface area (Å²) >= 11 is 0. The van der Waals surface area contributed by atoms with Crippen molar-refractivity contribution >= 4 is 0 Å². The topological polar surface area (TPSA) is 17.0 Å². The Kier molecular flexibility index (Phi) is 10.3. The summed E-state index contributed by atoms with van der Waals surface area (Å²) in [5.74, 6) is 0. The van der Waals surface area contributed by atoms with Crippen molar-refractivity contribution in [3.63, 3.8) is 0 Å². The molecule has 0 bridgehead atoms. The average molecular weight is 293 g/mol. The predicted octanol–water partition coefficient (Wildman–Crippen LogP) is 5.69. The van der Waals surface area contributed by atoms with Crippen LogP contribution in [0.25, 0.3) is 0 Å². The van der Waals surface area contributed by atoms with E-state index >= 15 is 0 Å². The van der Waals surface area contributed by atoms with Gasteiger partial charge in [-0.2, -0.15) is 0 Å². The minimum absolute atomic E-state index is 0.447. The van der Waals surface area contributed by atoms with Crippen molar-refractivity contribution < 1.29 is 0 Å². The molecule has 1 aromatic rings. The highest BCUT2D eigenvalue weighted by atomic mass is 15.0. The van der Waals surface area contributed by atoms with Crippen LogP contribution in [0.3, 0.4) is 0 Å². The van der Waals surface area contributed by atoms with Crippen LogP contribution in [0.1, 0.15) is 89.8 Å². The van der Waals surface area contributed by atoms with Crippen LogP contribution in [0.5, 0.6) is 0 Å². The van der Waals surface area contributed by atoms with E-state index in [0.29, 0.717) is 6.04 Å². The zero-order chi connectivity index (χ0) is 15.3. The highest BCUT2D eigenvalue weighted by Crippen LogP contribution is 2.15. The van der Waals surface area contributed by atoms with Crippen molar-refractivity contribution in [1.82, 2.24) is 9.88 Å². The molecule has 1 N–H and O–H groups in total. The maximum atomic E-state index is 3.33. The average Bonchev–Trinajstić information content (AvgIpc) is 2.97. The van der Waals surface area contributed by atoms with E-state index in [1.165, 1.54) is 76.4 Å². The van der Waals surface area contributed by atoms with E-state index in [0.717, 1.165) is 0 Å². The number of hydrogen-bond acceptors (Lipinski definition) is 1. The molecule has 0 aliphatic carbocycles. The first-order valence-corrected chi connectivity index (χ1v) is 9.12. The fourth-order valence-corrected chi connectivity index (χ4v) is 2.94. The van der Waals surface area contributed by atoms with Gasteiger partial charge in [-0.05, 0) is 32.5 Å². The molecule has 0 amide bonds. The van der Waals surface area contributed by atoms with Crippen LogP contribution < -0.4 is 5.32 Å². The molecule has 1 heterocycles. The third kappa shape index (κ3) is 7.71. The lowest BCUT2D eigenvalue weighted by atomic mass is 10.1. The number of hydrogen-bond donors (Lipinski definition) is 1. The van der Waals surface area contributed by atoms with Gasteiger partial charge in [0.2, 0.25) is 0 Å². The van der Waals surface area contributed by atoms with Crippen molar-refractivity contribution in [3.05, 3.63) is 24.0 Å². The standard InChI is InChI=1S/C19H36N2/c1-4-5-6-7-8-9-10-11-12-13-16-21-17-14-15-19(21)18(2)20-3/h14-15,17-18,20H,4-13,16H2,1-3H3. The minimum Gasteiger partial charge on any atom is -0.350 e. The summed E-state index contributed by atoms with van der Waals surface area (Å²) < 4.78 is 2.41. The minimum atomic E-state index is 0.447. The highest BCUT2D eigenvalue weighted by Gasteiger charge is 2.06. The van der Waals surface area contributed by atoms with Gasteiger partial charge in [-0.25, -0.2) is 0 Å². The predicted molar refractivity (Wildman–Crippen MR) is 93.8 cm³/mol. The van der Waals surface area contributed by atoms with E-state index in [1.54, 1.807) is 0 Å². The highest BCUT2D eigenvalue weighted by molar-refractivity contribution is 5.11. The normalized spacial score (nSPS) is 12.7. The van der Waals surface area contributed by atoms with Crippen LogP contribution >= 0.6 is 0 Å². The van der Waals surface area contributed by atoms with E-state index in [9.17, 15) is 0 Å². The summed E-state index contributed by atoms with van der Waals surface area (Å²) in [5, 5.41) is 3.33. The maximum absolute atomic E-state index is 3.33. The first kappa shape index (κ1) is 18.3. The van der Waals surface area contributed by atoms with Crippen LogP contribution in [0.2, 0.25) is 0 Å². The molecular weight excluding hydrogens is 256 g/mol. The Bertz CT molecular complexity index is 343. The van der Waals surface area contributed by atoms with Crippen molar-refractivity contribution in [2.75, 3.05) is 7.05 Å². The number of nitrogens with zero attached hydrogens (tertiary/aromatic N) is 1. The van der Waals surface area contributed by atoms with Crippen molar-refractivity contribution in [2.24, 2.45) is 0 Å². The molecule has 2 heteroatoms. The van der Waals surface area contributed by atoms with Gasteiger partial charge in [-0.1, -0.05) is 64.7 Å². The third-order valence-electron chi connectivity index (χ3n) is 4.49. The van der Waals surface area contributed by atoms with Crippen LogP contribution in [-0.2, 0) is 6.54 Å². The Morgan fingerprint density at radius 3 is 2.10 bits per heavy atom. The van der Waals surface area contributed by atoms with Crippen LogP contribution in [0, 0.1) is 0 Å². The Morgan fingerprint density at radius 1 is 0.952 bits per heavy atom. The van der Waals surface area contributed by atoms with Gasteiger partial charge in [0, 0.05) is 24.5 Å². The van der Waals surface area contributed by atoms with Gasteiger partial charge in [-0.3, -0.25) is 0 Å². The molecule has 1 unspecified atom stereocenters. The smallest absolute Gasteiger partial charge is 0.0443 e. The summed E-state index contributed by atoms with van der Waals surface area (Å²) in [6, 6.07) is 4.85. The lowest BCUT2D eigenvalue weighted by molar-refractivity contribution is 0.514. The summed E-state index contributed by atoms with van der Waals surface area (Å²) in [6.07, 6.45) is 16.3. The molecule has 0 radical (unpaired) electrons. The number of unbranched alkanes of at least 4 members (excludes halogenated alkanes) is 9. The zero-order valence-electron chi connectivity index (χ0n) is 14.5. The molecule has 0 fully saturated rings. The fraction of sp³-hybridized carbons (Fsp3) is 0.789. The molecule has 21 heavy (non-hydrogen) atoms. The second kappa shape index (κ2) is 11.9. The first-order valence-electron chi connectivity index (χ1n) is 9.12. The van der Waals surface area contributed by atoms with Crippen molar-refractivity contribution in [2.45, 2.75) is 90.6 Å². The Labute approximate surface area is 132 Å². The van der Waals surface area contributed by atoms with E-state index < -0.39 is 0 Å². The Morgan fingerprint density at radius 2 is 1.52 bits per heavy atom. The van der Waals surface area contributed by atoms with Crippen molar-refractivity contribution in [1.29, 1.82) is 0 Å². The number of aromatic nitrogens is 1.